The van der Waals surface area contributed by atoms with E-state index in [1.165, 1.54) is 0 Å². The number of rotatable bonds is 6. The zero-order valence-electron chi connectivity index (χ0n) is 17.7. The van der Waals surface area contributed by atoms with Gasteiger partial charge < -0.3 is 15.1 Å². The van der Waals surface area contributed by atoms with E-state index in [1.807, 2.05) is 54.6 Å². The number of amides is 1. The number of hydrogen-bond donors (Lipinski definition) is 1. The van der Waals surface area contributed by atoms with E-state index in [-0.39, 0.29) is 5.91 Å². The summed E-state index contributed by atoms with van der Waals surface area (Å²) in [5.74, 6) is -0.711. The minimum absolute atomic E-state index is 0.335. The number of para-hydroxylation sites is 2. The Morgan fingerprint density at radius 1 is 1.03 bits per heavy atom. The first-order valence-corrected chi connectivity index (χ1v) is 10.6. The lowest BCUT2D eigenvalue weighted by atomic mass is 10.0. The summed E-state index contributed by atoms with van der Waals surface area (Å²) in [5.41, 5.74) is 3.02. The van der Waals surface area contributed by atoms with Crippen molar-refractivity contribution >= 4 is 22.8 Å². The standard InChI is InChI=1S/C24H26N6O/c1-29-13-15-30(16-14-29)23-22(27-20-9-5-6-10-21(20)28-23)19(17-25)24(31)26-12-11-18-7-3-2-4-8-18/h2-10,19H,11-16H2,1H3,(H,26,31)/t19-/m0/s1. The Hall–Kier alpha value is -3.50. The van der Waals surface area contributed by atoms with Crippen LogP contribution in [0.3, 0.4) is 0 Å². The second-order valence-corrected chi connectivity index (χ2v) is 7.80. The van der Waals surface area contributed by atoms with E-state index >= 15 is 0 Å². The molecule has 2 heterocycles. The fourth-order valence-electron chi connectivity index (χ4n) is 3.77. The Morgan fingerprint density at radius 3 is 2.35 bits per heavy atom. The predicted octanol–water partition coefficient (Wildman–Crippen LogP) is 2.35. The molecule has 7 nitrogen and oxygen atoms in total. The quantitative estimate of drug-likeness (QED) is 0.667. The van der Waals surface area contributed by atoms with Crippen molar-refractivity contribution in [1.82, 2.24) is 20.2 Å². The van der Waals surface area contributed by atoms with Gasteiger partial charge in [-0.25, -0.2) is 9.97 Å². The van der Waals surface area contributed by atoms with Crippen LogP contribution in [0.15, 0.2) is 54.6 Å². The molecule has 1 aromatic heterocycles. The Labute approximate surface area is 182 Å². The number of fused-ring (bicyclic) bond motifs is 1. The zero-order chi connectivity index (χ0) is 21.6. The summed E-state index contributed by atoms with van der Waals surface area (Å²) in [6.07, 6.45) is 0.708. The molecule has 1 fully saturated rings. The van der Waals surface area contributed by atoms with Crippen LogP contribution in [-0.2, 0) is 11.2 Å². The lowest BCUT2D eigenvalue weighted by Crippen LogP contribution is -2.45. The molecule has 1 saturated heterocycles. The Morgan fingerprint density at radius 2 is 1.68 bits per heavy atom. The molecular weight excluding hydrogens is 388 g/mol. The minimum atomic E-state index is -1.01. The molecule has 1 amide bonds. The van der Waals surface area contributed by atoms with Gasteiger partial charge in [0.15, 0.2) is 11.7 Å². The molecule has 158 valence electrons. The van der Waals surface area contributed by atoms with Crippen LogP contribution in [0.4, 0.5) is 5.82 Å². The molecular formula is C24H26N6O. The molecule has 31 heavy (non-hydrogen) atoms. The smallest absolute Gasteiger partial charge is 0.243 e. The van der Waals surface area contributed by atoms with E-state index in [4.69, 9.17) is 9.97 Å². The van der Waals surface area contributed by atoms with Gasteiger partial charge in [-0.05, 0) is 31.2 Å². The summed E-state index contributed by atoms with van der Waals surface area (Å²) in [5, 5.41) is 12.8. The lowest BCUT2D eigenvalue weighted by Gasteiger charge is -2.34. The largest absolute Gasteiger partial charge is 0.354 e. The van der Waals surface area contributed by atoms with Crippen LogP contribution < -0.4 is 10.2 Å². The van der Waals surface area contributed by atoms with Crippen LogP contribution in [0.2, 0.25) is 0 Å². The maximum Gasteiger partial charge on any atom is 0.243 e. The van der Waals surface area contributed by atoms with Crippen molar-refractivity contribution in [3.8, 4) is 6.07 Å². The summed E-state index contributed by atoms with van der Waals surface area (Å²) in [7, 11) is 2.09. The summed E-state index contributed by atoms with van der Waals surface area (Å²) < 4.78 is 0. The van der Waals surface area contributed by atoms with Crippen molar-refractivity contribution in [3.63, 3.8) is 0 Å². The summed E-state index contributed by atoms with van der Waals surface area (Å²) in [6, 6.07) is 19.7. The minimum Gasteiger partial charge on any atom is -0.354 e. The molecule has 3 aromatic rings. The Bertz CT molecular complexity index is 1090. The third kappa shape index (κ3) is 4.81. The van der Waals surface area contributed by atoms with Gasteiger partial charge in [0, 0.05) is 32.7 Å². The number of aromatic nitrogens is 2. The van der Waals surface area contributed by atoms with Crippen LogP contribution in [-0.4, -0.2) is 60.5 Å². The maximum absolute atomic E-state index is 13.0. The van der Waals surface area contributed by atoms with Crippen LogP contribution in [0.5, 0.6) is 0 Å². The van der Waals surface area contributed by atoms with Gasteiger partial charge in [-0.2, -0.15) is 5.26 Å². The predicted molar refractivity (Wildman–Crippen MR) is 121 cm³/mol. The molecule has 0 spiro atoms. The van der Waals surface area contributed by atoms with Crippen LogP contribution >= 0.6 is 0 Å². The number of likely N-dealkylation sites (N-methyl/N-ethyl adjacent to an activating group) is 1. The second-order valence-electron chi connectivity index (χ2n) is 7.80. The van der Waals surface area contributed by atoms with Crippen LogP contribution in [0, 0.1) is 11.3 Å². The van der Waals surface area contributed by atoms with Gasteiger partial charge >= 0.3 is 0 Å². The van der Waals surface area contributed by atoms with Crippen molar-refractivity contribution in [1.29, 1.82) is 5.26 Å². The third-order valence-electron chi connectivity index (χ3n) is 5.60. The van der Waals surface area contributed by atoms with Gasteiger partial charge in [-0.15, -0.1) is 0 Å². The average molecular weight is 415 g/mol. The van der Waals surface area contributed by atoms with E-state index in [9.17, 15) is 10.1 Å². The Kier molecular flexibility index (Phi) is 6.39. The van der Waals surface area contributed by atoms with Crippen molar-refractivity contribution < 1.29 is 4.79 Å². The van der Waals surface area contributed by atoms with Gasteiger partial charge in [-0.3, -0.25) is 4.79 Å². The number of anilines is 1. The van der Waals surface area contributed by atoms with Crippen molar-refractivity contribution in [2.75, 3.05) is 44.7 Å². The number of piperazine rings is 1. The molecule has 0 aliphatic carbocycles. The van der Waals surface area contributed by atoms with E-state index in [1.54, 1.807) is 0 Å². The number of nitrogens with zero attached hydrogens (tertiary/aromatic N) is 5. The highest BCUT2D eigenvalue weighted by Crippen LogP contribution is 2.28. The first-order valence-electron chi connectivity index (χ1n) is 10.6. The molecule has 1 aliphatic heterocycles. The molecule has 0 bridgehead atoms. The Balaban J connectivity index is 1.59. The average Bonchev–Trinajstić information content (AvgIpc) is 2.80. The second kappa shape index (κ2) is 9.54. The topological polar surface area (TPSA) is 85.2 Å². The first-order chi connectivity index (χ1) is 15.2. The summed E-state index contributed by atoms with van der Waals surface area (Å²) >= 11 is 0. The first kappa shape index (κ1) is 20.8. The molecule has 0 saturated carbocycles. The highest BCUT2D eigenvalue weighted by molar-refractivity contribution is 5.88. The SMILES string of the molecule is CN1CCN(c2nc3ccccc3nc2[C@H](C#N)C(=O)NCCc2ccccc2)CC1. The fourth-order valence-corrected chi connectivity index (χ4v) is 3.77. The summed E-state index contributed by atoms with van der Waals surface area (Å²) in [4.78, 5) is 26.9. The molecule has 7 heteroatoms. The van der Waals surface area contributed by atoms with E-state index < -0.39 is 5.92 Å². The van der Waals surface area contributed by atoms with Crippen molar-refractivity contribution in [3.05, 3.63) is 65.9 Å². The molecule has 1 atom stereocenters. The monoisotopic (exact) mass is 414 g/mol. The van der Waals surface area contributed by atoms with Gasteiger partial charge in [0.05, 0.1) is 17.1 Å². The lowest BCUT2D eigenvalue weighted by molar-refractivity contribution is -0.121. The third-order valence-corrected chi connectivity index (χ3v) is 5.60. The highest BCUT2D eigenvalue weighted by atomic mass is 16.1. The molecule has 2 aromatic carbocycles. The molecule has 1 N–H and O–H groups in total. The van der Waals surface area contributed by atoms with Gasteiger partial charge in [0.2, 0.25) is 5.91 Å². The zero-order valence-corrected chi connectivity index (χ0v) is 17.7. The fraction of sp³-hybridized carbons (Fsp3) is 0.333. The molecule has 0 unspecified atom stereocenters. The number of benzene rings is 2. The number of carbonyl (C=O) groups excluding carboxylic acids is 1. The van der Waals surface area contributed by atoms with Gasteiger partial charge in [0.1, 0.15) is 5.69 Å². The highest BCUT2D eigenvalue weighted by Gasteiger charge is 2.29. The number of hydrogen-bond acceptors (Lipinski definition) is 6. The van der Waals surface area contributed by atoms with E-state index in [2.05, 4.69) is 28.2 Å². The van der Waals surface area contributed by atoms with Crippen molar-refractivity contribution in [2.45, 2.75) is 12.3 Å². The molecule has 0 radical (unpaired) electrons. The summed E-state index contributed by atoms with van der Waals surface area (Å²) in [6.45, 7) is 3.82. The van der Waals surface area contributed by atoms with E-state index in [0.717, 1.165) is 37.3 Å². The molecule has 4 rings (SSSR count). The number of carbonyl (C=O) groups is 1. The maximum atomic E-state index is 13.0. The van der Waals surface area contributed by atoms with Gasteiger partial charge in [0.25, 0.3) is 0 Å². The normalized spacial score (nSPS) is 15.4. The van der Waals surface area contributed by atoms with Crippen LogP contribution in [0.25, 0.3) is 11.0 Å². The van der Waals surface area contributed by atoms with Gasteiger partial charge in [-0.1, -0.05) is 42.5 Å². The van der Waals surface area contributed by atoms with E-state index in [0.29, 0.717) is 30.0 Å². The number of nitriles is 1. The van der Waals surface area contributed by atoms with Crippen molar-refractivity contribution in [2.24, 2.45) is 0 Å². The number of nitrogens with one attached hydrogen (secondary N) is 1. The molecule has 1 aliphatic rings. The van der Waals surface area contributed by atoms with Crippen LogP contribution in [0.1, 0.15) is 17.2 Å².